The monoisotopic (exact) mass is 295 g/mol. The van der Waals surface area contributed by atoms with Gasteiger partial charge in [0.05, 0.1) is 19.8 Å². The zero-order valence-electron chi connectivity index (χ0n) is 12.1. The van der Waals surface area contributed by atoms with E-state index in [1.165, 1.54) is 20.3 Å². The van der Waals surface area contributed by atoms with Crippen LogP contribution < -0.4 is 0 Å². The molecule has 1 rings (SSSR count). The van der Waals surface area contributed by atoms with Crippen LogP contribution in [0.15, 0.2) is 18.2 Å². The van der Waals surface area contributed by atoms with Crippen LogP contribution in [-0.2, 0) is 19.1 Å². The van der Waals surface area contributed by atoms with E-state index in [0.717, 1.165) is 4.90 Å². The van der Waals surface area contributed by atoms with Gasteiger partial charge in [-0.1, -0.05) is 12.1 Å². The molecule has 1 aromatic rings. The first-order valence-electron chi connectivity index (χ1n) is 6.12. The molecule has 0 heterocycles. The van der Waals surface area contributed by atoms with Crippen molar-refractivity contribution in [2.45, 2.75) is 6.92 Å². The predicted octanol–water partition coefficient (Wildman–Crippen LogP) is 0.489. The summed E-state index contributed by atoms with van der Waals surface area (Å²) < 4.78 is 8.98. The number of aromatic hydroxyl groups is 1. The van der Waals surface area contributed by atoms with Crippen LogP contribution in [0.25, 0.3) is 0 Å². The Morgan fingerprint density at radius 2 is 1.62 bits per heavy atom. The second kappa shape index (κ2) is 7.28. The van der Waals surface area contributed by atoms with Gasteiger partial charge in [0.2, 0.25) is 0 Å². The summed E-state index contributed by atoms with van der Waals surface area (Å²) in [5.41, 5.74) is 0.514. The Morgan fingerprint density at radius 3 is 2.10 bits per heavy atom. The minimum Gasteiger partial charge on any atom is -0.507 e. The van der Waals surface area contributed by atoms with Gasteiger partial charge in [-0.3, -0.25) is 14.4 Å². The van der Waals surface area contributed by atoms with Crippen molar-refractivity contribution in [2.75, 3.05) is 27.3 Å². The minimum atomic E-state index is -0.681. The Morgan fingerprint density at radius 1 is 1.10 bits per heavy atom. The van der Waals surface area contributed by atoms with Gasteiger partial charge in [-0.15, -0.1) is 0 Å². The highest BCUT2D eigenvalue weighted by molar-refractivity contribution is 6.00. The Hall–Kier alpha value is -2.57. The average Bonchev–Trinajstić information content (AvgIpc) is 2.48. The smallest absolute Gasteiger partial charge is 0.325 e. The number of nitrogens with zero attached hydrogens (tertiary/aromatic N) is 1. The van der Waals surface area contributed by atoms with Crippen LogP contribution in [0.3, 0.4) is 0 Å². The van der Waals surface area contributed by atoms with Gasteiger partial charge < -0.3 is 19.5 Å². The van der Waals surface area contributed by atoms with Crippen LogP contribution in [0.2, 0.25) is 0 Å². The molecular formula is C14H17NO6. The molecule has 7 nitrogen and oxygen atoms in total. The quantitative estimate of drug-likeness (QED) is 0.795. The first-order valence-corrected chi connectivity index (χ1v) is 6.12. The van der Waals surface area contributed by atoms with Crippen LogP contribution in [0, 0.1) is 6.92 Å². The van der Waals surface area contributed by atoms with Crippen LogP contribution in [0.5, 0.6) is 5.75 Å². The fourth-order valence-electron chi connectivity index (χ4n) is 1.64. The van der Waals surface area contributed by atoms with E-state index in [9.17, 15) is 19.5 Å². The van der Waals surface area contributed by atoms with Gasteiger partial charge in [-0.05, 0) is 18.6 Å². The molecule has 0 radical (unpaired) electrons. The molecule has 21 heavy (non-hydrogen) atoms. The first-order chi connectivity index (χ1) is 9.90. The molecule has 0 unspecified atom stereocenters. The summed E-state index contributed by atoms with van der Waals surface area (Å²) in [5, 5.41) is 9.92. The highest BCUT2D eigenvalue weighted by Gasteiger charge is 2.24. The summed E-state index contributed by atoms with van der Waals surface area (Å²) in [6.45, 7) is 0.798. The molecule has 0 aliphatic rings. The lowest BCUT2D eigenvalue weighted by molar-refractivity contribution is -0.144. The van der Waals surface area contributed by atoms with Crippen molar-refractivity contribution in [3.05, 3.63) is 29.3 Å². The third-order valence-electron chi connectivity index (χ3n) is 2.85. The number of rotatable bonds is 5. The van der Waals surface area contributed by atoms with Gasteiger partial charge in [0, 0.05) is 0 Å². The average molecular weight is 295 g/mol. The number of phenolic OH excluding ortho intramolecular Hbond substituents is 1. The number of phenols is 1. The second-order valence-electron chi connectivity index (χ2n) is 4.28. The van der Waals surface area contributed by atoms with Crippen molar-refractivity contribution in [3.63, 3.8) is 0 Å². The van der Waals surface area contributed by atoms with Gasteiger partial charge in [-0.25, -0.2) is 0 Å². The normalized spacial score (nSPS) is 9.86. The molecule has 0 aliphatic heterocycles. The van der Waals surface area contributed by atoms with Crippen LogP contribution in [0.1, 0.15) is 15.9 Å². The highest BCUT2D eigenvalue weighted by atomic mass is 16.5. The molecule has 0 atom stereocenters. The maximum atomic E-state index is 12.4. The number of aryl methyl sites for hydroxylation is 1. The van der Waals surface area contributed by atoms with Crippen molar-refractivity contribution in [3.8, 4) is 5.75 Å². The molecule has 0 bridgehead atoms. The molecule has 1 N–H and O–H groups in total. The third kappa shape index (κ3) is 4.20. The van der Waals surface area contributed by atoms with E-state index in [2.05, 4.69) is 9.47 Å². The van der Waals surface area contributed by atoms with Crippen molar-refractivity contribution in [1.82, 2.24) is 4.90 Å². The number of hydrogen-bond acceptors (Lipinski definition) is 6. The van der Waals surface area contributed by atoms with E-state index in [1.807, 2.05) is 0 Å². The van der Waals surface area contributed by atoms with Crippen LogP contribution in [-0.4, -0.2) is 55.2 Å². The lowest BCUT2D eigenvalue weighted by Crippen LogP contribution is -2.40. The van der Waals surface area contributed by atoms with E-state index >= 15 is 0 Å². The van der Waals surface area contributed by atoms with Gasteiger partial charge in [0.1, 0.15) is 18.8 Å². The molecule has 0 aliphatic carbocycles. The highest BCUT2D eigenvalue weighted by Crippen LogP contribution is 2.22. The van der Waals surface area contributed by atoms with E-state index in [4.69, 9.17) is 0 Å². The summed E-state index contributed by atoms with van der Waals surface area (Å²) in [5.74, 6) is -2.21. The zero-order chi connectivity index (χ0) is 16.0. The molecule has 0 saturated heterocycles. The lowest BCUT2D eigenvalue weighted by Gasteiger charge is -2.20. The lowest BCUT2D eigenvalue weighted by atomic mass is 10.1. The van der Waals surface area contributed by atoms with E-state index in [-0.39, 0.29) is 11.3 Å². The molecule has 1 aromatic carbocycles. The summed E-state index contributed by atoms with van der Waals surface area (Å²) in [6.07, 6.45) is 0. The summed E-state index contributed by atoms with van der Waals surface area (Å²) in [4.78, 5) is 36.0. The van der Waals surface area contributed by atoms with E-state index in [0.29, 0.717) is 5.56 Å². The molecule has 0 aromatic heterocycles. The van der Waals surface area contributed by atoms with Crippen molar-refractivity contribution < 1.29 is 29.0 Å². The van der Waals surface area contributed by atoms with Gasteiger partial charge in [-0.2, -0.15) is 0 Å². The van der Waals surface area contributed by atoms with Crippen molar-refractivity contribution in [2.24, 2.45) is 0 Å². The molecule has 0 spiro atoms. The van der Waals surface area contributed by atoms with Crippen LogP contribution in [0.4, 0.5) is 0 Å². The molecule has 0 fully saturated rings. The Labute approximate surface area is 122 Å². The zero-order valence-corrected chi connectivity index (χ0v) is 12.1. The number of carbonyl (C=O) groups is 3. The Kier molecular flexibility index (Phi) is 5.71. The number of para-hydroxylation sites is 1. The van der Waals surface area contributed by atoms with E-state index in [1.54, 1.807) is 19.1 Å². The van der Waals surface area contributed by atoms with Gasteiger partial charge >= 0.3 is 11.9 Å². The topological polar surface area (TPSA) is 93.1 Å². The van der Waals surface area contributed by atoms with Crippen LogP contribution >= 0.6 is 0 Å². The maximum absolute atomic E-state index is 12.4. The van der Waals surface area contributed by atoms with Gasteiger partial charge in [0.15, 0.2) is 0 Å². The fourth-order valence-corrected chi connectivity index (χ4v) is 1.64. The number of carbonyl (C=O) groups excluding carboxylic acids is 3. The molecule has 114 valence electrons. The minimum absolute atomic E-state index is 0.00260. The first kappa shape index (κ1) is 16.5. The number of benzene rings is 1. The van der Waals surface area contributed by atoms with Gasteiger partial charge in [0.25, 0.3) is 5.91 Å². The SMILES string of the molecule is COC(=O)CN(CC(=O)OC)C(=O)c1cccc(C)c1O. The fraction of sp³-hybridized carbons (Fsp3) is 0.357. The van der Waals surface area contributed by atoms with E-state index < -0.39 is 30.9 Å². The summed E-state index contributed by atoms with van der Waals surface area (Å²) in [7, 11) is 2.35. The number of methoxy groups -OCH3 is 2. The number of hydrogen-bond donors (Lipinski definition) is 1. The molecule has 0 saturated carbocycles. The third-order valence-corrected chi connectivity index (χ3v) is 2.85. The van der Waals surface area contributed by atoms with Crippen molar-refractivity contribution in [1.29, 1.82) is 0 Å². The molecule has 1 amide bonds. The Bertz CT molecular complexity index is 536. The number of esters is 2. The largest absolute Gasteiger partial charge is 0.507 e. The predicted molar refractivity (Wildman–Crippen MR) is 72.8 cm³/mol. The number of ether oxygens (including phenoxy) is 2. The standard InChI is InChI=1S/C14H17NO6/c1-9-5-4-6-10(13(9)18)14(19)15(7-11(16)20-2)8-12(17)21-3/h4-6,18H,7-8H2,1-3H3. The summed E-state index contributed by atoms with van der Waals surface area (Å²) in [6, 6.07) is 4.64. The molecular weight excluding hydrogens is 278 g/mol. The summed E-state index contributed by atoms with van der Waals surface area (Å²) >= 11 is 0. The second-order valence-corrected chi connectivity index (χ2v) is 4.28. The maximum Gasteiger partial charge on any atom is 0.325 e. The number of amides is 1. The molecule has 7 heteroatoms. The Balaban J connectivity index is 3.06. The van der Waals surface area contributed by atoms with Crippen molar-refractivity contribution >= 4 is 17.8 Å².